The maximum Gasteiger partial charge on any atom is 0.326 e. The van der Waals surface area contributed by atoms with Crippen LogP contribution in [0.1, 0.15) is 11.1 Å². The predicted molar refractivity (Wildman–Crippen MR) is 99.4 cm³/mol. The highest BCUT2D eigenvalue weighted by Gasteiger charge is 2.33. The molecular formula is C18H14Cl2N4O2. The summed E-state index contributed by atoms with van der Waals surface area (Å²) in [6.07, 6.45) is 2.05. The third-order valence-corrected chi connectivity index (χ3v) is 4.94. The number of aliphatic carboxylic acids is 1. The van der Waals surface area contributed by atoms with Crippen LogP contribution in [0, 0.1) is 11.5 Å². The van der Waals surface area contributed by atoms with E-state index in [0.29, 0.717) is 21.3 Å². The fourth-order valence-electron chi connectivity index (χ4n) is 2.84. The van der Waals surface area contributed by atoms with Crippen LogP contribution in [0.2, 0.25) is 10.0 Å². The van der Waals surface area contributed by atoms with Crippen LogP contribution in [0.4, 0.5) is 5.69 Å². The average molecular weight is 389 g/mol. The van der Waals surface area contributed by atoms with Gasteiger partial charge in [0.25, 0.3) is 0 Å². The summed E-state index contributed by atoms with van der Waals surface area (Å²) in [6, 6.07) is 11.6. The molecule has 1 atom stereocenters. The van der Waals surface area contributed by atoms with E-state index < -0.39 is 12.0 Å². The quantitative estimate of drug-likeness (QED) is 0.617. The molecule has 0 radical (unpaired) electrons. The number of nitrogens with one attached hydrogen (secondary N) is 1. The van der Waals surface area contributed by atoms with Crippen LogP contribution < -0.4 is 5.32 Å². The average Bonchev–Trinajstić information content (AvgIpc) is 2.64. The zero-order chi connectivity index (χ0) is 18.7. The molecule has 2 aromatic rings. The monoisotopic (exact) mass is 388 g/mol. The third-order valence-electron chi connectivity index (χ3n) is 4.10. The number of rotatable bonds is 4. The largest absolute Gasteiger partial charge is 0.480 e. The Morgan fingerprint density at radius 2 is 2.04 bits per heavy atom. The molecule has 0 saturated carbocycles. The molecule has 2 aromatic carbocycles. The Labute approximate surface area is 160 Å². The molecule has 0 amide bonds. The van der Waals surface area contributed by atoms with Crippen molar-refractivity contribution in [1.82, 2.24) is 10.2 Å². The third kappa shape index (κ3) is 3.59. The predicted octanol–water partition coefficient (Wildman–Crippen LogP) is 3.56. The summed E-state index contributed by atoms with van der Waals surface area (Å²) < 4.78 is 0. The van der Waals surface area contributed by atoms with Gasteiger partial charge >= 0.3 is 5.97 Å². The topological polar surface area (TPSA) is 88.7 Å². The number of benzene rings is 2. The lowest BCUT2D eigenvalue weighted by Gasteiger charge is -2.34. The van der Waals surface area contributed by atoms with Gasteiger partial charge < -0.3 is 10.0 Å². The zero-order valence-electron chi connectivity index (χ0n) is 13.5. The molecule has 132 valence electrons. The molecule has 0 spiro atoms. The van der Waals surface area contributed by atoms with Gasteiger partial charge in [-0.3, -0.25) is 5.32 Å². The van der Waals surface area contributed by atoms with Gasteiger partial charge in [-0.2, -0.15) is 5.26 Å². The van der Waals surface area contributed by atoms with Crippen molar-refractivity contribution >= 4 is 40.8 Å². The number of aliphatic imine (C=N–C) groups is 1. The molecule has 1 aliphatic heterocycles. The van der Waals surface area contributed by atoms with Gasteiger partial charge in [-0.05, 0) is 17.7 Å². The molecule has 0 fully saturated rings. The molecule has 6 nitrogen and oxygen atoms in total. The Balaban J connectivity index is 2.01. The van der Waals surface area contributed by atoms with Crippen molar-refractivity contribution in [3.05, 3.63) is 63.6 Å². The fraction of sp³-hybridized carbons (Fsp3) is 0.167. The number of nitriles is 1. The number of nitrogens with zero attached hydrogens (tertiary/aromatic N) is 3. The van der Waals surface area contributed by atoms with E-state index in [4.69, 9.17) is 28.5 Å². The van der Waals surface area contributed by atoms with Crippen molar-refractivity contribution in [3.63, 3.8) is 0 Å². The molecular weight excluding hydrogens is 375 g/mol. The van der Waals surface area contributed by atoms with E-state index in [1.807, 2.05) is 36.5 Å². The van der Waals surface area contributed by atoms with E-state index in [1.54, 1.807) is 12.1 Å². The number of carbonyl (C=O) groups is 1. The van der Waals surface area contributed by atoms with Gasteiger partial charge in [-0.15, -0.1) is 0 Å². The van der Waals surface area contributed by atoms with Crippen LogP contribution in [0.15, 0.2) is 47.5 Å². The summed E-state index contributed by atoms with van der Waals surface area (Å²) >= 11 is 12.4. The van der Waals surface area contributed by atoms with E-state index in [0.717, 1.165) is 5.56 Å². The van der Waals surface area contributed by atoms with Crippen molar-refractivity contribution in [2.75, 3.05) is 0 Å². The number of hydrogen-bond donors (Lipinski definition) is 2. The SMILES string of the molecule is N#CNC1=Nc2ccc(Cl)c(Cl)c2CN1C(Cc1ccccc1)C(=O)O. The maximum atomic E-state index is 12.0. The first kappa shape index (κ1) is 18.1. The first-order chi connectivity index (χ1) is 12.5. The van der Waals surface area contributed by atoms with Gasteiger partial charge in [0.05, 0.1) is 22.3 Å². The summed E-state index contributed by atoms with van der Waals surface area (Å²) in [6.45, 7) is 0.173. The summed E-state index contributed by atoms with van der Waals surface area (Å²) in [5, 5.41) is 22.0. The highest BCUT2D eigenvalue weighted by Crippen LogP contribution is 2.37. The van der Waals surface area contributed by atoms with Gasteiger partial charge in [0.1, 0.15) is 6.04 Å². The van der Waals surface area contributed by atoms with Crippen molar-refractivity contribution in [3.8, 4) is 6.19 Å². The summed E-state index contributed by atoms with van der Waals surface area (Å²) in [5.74, 6) is -0.857. The summed E-state index contributed by atoms with van der Waals surface area (Å²) in [7, 11) is 0. The Morgan fingerprint density at radius 3 is 2.69 bits per heavy atom. The second-order valence-electron chi connectivity index (χ2n) is 5.70. The second kappa shape index (κ2) is 7.65. The number of hydrogen-bond acceptors (Lipinski definition) is 5. The lowest BCUT2D eigenvalue weighted by molar-refractivity contribution is -0.142. The number of halogens is 2. The maximum absolute atomic E-state index is 12.0. The van der Waals surface area contributed by atoms with E-state index in [1.165, 1.54) is 4.90 Å². The van der Waals surface area contributed by atoms with Gasteiger partial charge in [-0.1, -0.05) is 53.5 Å². The zero-order valence-corrected chi connectivity index (χ0v) is 15.0. The minimum absolute atomic E-state index is 0.168. The number of carboxylic acid groups (broad SMARTS) is 1. The minimum atomic E-state index is -1.03. The molecule has 0 bridgehead atoms. The van der Waals surface area contributed by atoms with E-state index in [9.17, 15) is 9.90 Å². The smallest absolute Gasteiger partial charge is 0.326 e. The molecule has 2 N–H and O–H groups in total. The number of fused-ring (bicyclic) bond motifs is 1. The molecule has 8 heteroatoms. The van der Waals surface area contributed by atoms with Gasteiger partial charge in [-0.25, -0.2) is 9.79 Å². The molecule has 3 rings (SSSR count). The Morgan fingerprint density at radius 1 is 1.31 bits per heavy atom. The van der Waals surface area contributed by atoms with Crippen LogP contribution in [0.25, 0.3) is 0 Å². The molecule has 0 saturated heterocycles. The standard InChI is InChI=1S/C18H14Cl2N4O2/c19-13-6-7-14-12(16(13)20)9-24(18(23-14)22-10-21)15(17(25)26)8-11-4-2-1-3-5-11/h1-7,15H,8-9H2,(H,22,23)(H,25,26). The highest BCUT2D eigenvalue weighted by molar-refractivity contribution is 6.42. The first-order valence-corrected chi connectivity index (χ1v) is 8.51. The van der Waals surface area contributed by atoms with Crippen LogP contribution in [-0.4, -0.2) is 28.0 Å². The number of carboxylic acids is 1. The lowest BCUT2D eigenvalue weighted by atomic mass is 10.0. The van der Waals surface area contributed by atoms with Crippen LogP contribution >= 0.6 is 23.2 Å². The van der Waals surface area contributed by atoms with Gasteiger partial charge in [0, 0.05) is 12.0 Å². The lowest BCUT2D eigenvalue weighted by Crippen LogP contribution is -2.51. The Kier molecular flexibility index (Phi) is 5.31. The highest BCUT2D eigenvalue weighted by atomic mass is 35.5. The molecule has 1 heterocycles. The van der Waals surface area contributed by atoms with Crippen molar-refractivity contribution < 1.29 is 9.90 Å². The molecule has 1 unspecified atom stereocenters. The van der Waals surface area contributed by atoms with E-state index in [2.05, 4.69) is 10.3 Å². The Bertz CT molecular complexity index is 909. The molecule has 0 aliphatic carbocycles. The van der Waals surface area contributed by atoms with Gasteiger partial charge in [0.2, 0.25) is 5.96 Å². The molecule has 26 heavy (non-hydrogen) atoms. The van der Waals surface area contributed by atoms with Crippen LogP contribution in [0.5, 0.6) is 0 Å². The fourth-order valence-corrected chi connectivity index (χ4v) is 3.23. The molecule has 0 aromatic heterocycles. The molecule has 1 aliphatic rings. The van der Waals surface area contributed by atoms with Crippen molar-refractivity contribution in [1.29, 1.82) is 5.26 Å². The number of guanidine groups is 1. The minimum Gasteiger partial charge on any atom is -0.480 e. The van der Waals surface area contributed by atoms with E-state index >= 15 is 0 Å². The summed E-state index contributed by atoms with van der Waals surface area (Å²) in [4.78, 5) is 17.8. The summed E-state index contributed by atoms with van der Waals surface area (Å²) in [5.41, 5.74) is 2.04. The Hall–Kier alpha value is -2.75. The van der Waals surface area contributed by atoms with Crippen LogP contribution in [0.3, 0.4) is 0 Å². The van der Waals surface area contributed by atoms with Gasteiger partial charge in [0.15, 0.2) is 6.19 Å². The van der Waals surface area contributed by atoms with Crippen molar-refractivity contribution in [2.24, 2.45) is 4.99 Å². The second-order valence-corrected chi connectivity index (χ2v) is 6.49. The van der Waals surface area contributed by atoms with Crippen LogP contribution in [-0.2, 0) is 17.8 Å². The normalized spacial score (nSPS) is 14.0. The first-order valence-electron chi connectivity index (χ1n) is 7.75. The van der Waals surface area contributed by atoms with Crippen molar-refractivity contribution in [2.45, 2.75) is 19.0 Å². The van der Waals surface area contributed by atoms with E-state index in [-0.39, 0.29) is 18.9 Å².